The number of carbonyl (C=O) groups is 1. The van der Waals surface area contributed by atoms with Gasteiger partial charge in [0, 0.05) is 38.7 Å². The fourth-order valence-corrected chi connectivity index (χ4v) is 3.00. The van der Waals surface area contributed by atoms with Crippen LogP contribution in [0.4, 0.5) is 5.82 Å². The molecule has 0 N–H and O–H groups in total. The molecule has 1 aromatic carbocycles. The van der Waals surface area contributed by atoms with E-state index >= 15 is 0 Å². The Bertz CT molecular complexity index is 690. The van der Waals surface area contributed by atoms with Crippen LogP contribution in [-0.2, 0) is 11.2 Å². The van der Waals surface area contributed by atoms with Crippen molar-refractivity contribution in [3.05, 3.63) is 41.7 Å². The number of methoxy groups -OCH3 is 1. The topological polar surface area (TPSA) is 58.8 Å². The molecule has 0 bridgehead atoms. The molecule has 3 rings (SSSR count). The Morgan fingerprint density at radius 1 is 1.25 bits per heavy atom. The second kappa shape index (κ2) is 7.38. The molecular weight excluding hydrogens is 306 g/mol. The minimum absolute atomic E-state index is 0.192. The first-order valence-corrected chi connectivity index (χ1v) is 8.25. The summed E-state index contributed by atoms with van der Waals surface area (Å²) in [5.74, 6) is 2.70. The van der Waals surface area contributed by atoms with E-state index in [4.69, 9.17) is 9.26 Å². The van der Waals surface area contributed by atoms with Gasteiger partial charge < -0.3 is 19.1 Å². The molecule has 0 unspecified atom stereocenters. The summed E-state index contributed by atoms with van der Waals surface area (Å²) < 4.78 is 10.5. The maximum absolute atomic E-state index is 12.5. The van der Waals surface area contributed by atoms with Crippen LogP contribution >= 0.6 is 0 Å². The number of nitrogens with zero attached hydrogens (tertiary/aromatic N) is 3. The molecule has 6 heteroatoms. The molecule has 1 saturated heterocycles. The van der Waals surface area contributed by atoms with Gasteiger partial charge in [0.05, 0.1) is 7.11 Å². The number of aromatic nitrogens is 1. The molecule has 1 amide bonds. The number of ether oxygens (including phenoxy) is 1. The van der Waals surface area contributed by atoms with Crippen molar-refractivity contribution in [3.63, 3.8) is 0 Å². The van der Waals surface area contributed by atoms with Gasteiger partial charge in [-0.05, 0) is 25.0 Å². The predicted molar refractivity (Wildman–Crippen MR) is 91.3 cm³/mol. The maximum atomic E-state index is 12.5. The second-order valence-corrected chi connectivity index (χ2v) is 5.98. The van der Waals surface area contributed by atoms with Crippen molar-refractivity contribution in [3.8, 4) is 5.75 Å². The third-order valence-electron chi connectivity index (χ3n) is 4.37. The van der Waals surface area contributed by atoms with Crippen LogP contribution in [0, 0.1) is 6.92 Å². The lowest BCUT2D eigenvalue weighted by Gasteiger charge is -2.34. The molecule has 6 nitrogen and oxygen atoms in total. The molecule has 24 heavy (non-hydrogen) atoms. The van der Waals surface area contributed by atoms with Crippen LogP contribution < -0.4 is 9.64 Å². The van der Waals surface area contributed by atoms with E-state index in [1.807, 2.05) is 42.2 Å². The van der Waals surface area contributed by atoms with Gasteiger partial charge in [0.25, 0.3) is 0 Å². The number of amides is 1. The standard InChI is InChI=1S/C18H23N3O3/c1-14-13-17(19-24-14)20-9-11-21(12-10-20)18(22)8-7-15-5-3-4-6-16(15)23-2/h3-6,13H,7-12H2,1-2H3. The molecule has 0 radical (unpaired) electrons. The fraction of sp³-hybridized carbons (Fsp3) is 0.444. The van der Waals surface area contributed by atoms with Crippen molar-refractivity contribution in [2.24, 2.45) is 0 Å². The zero-order valence-electron chi connectivity index (χ0n) is 14.2. The third kappa shape index (κ3) is 3.69. The van der Waals surface area contributed by atoms with E-state index in [9.17, 15) is 4.79 Å². The molecule has 2 heterocycles. The van der Waals surface area contributed by atoms with Gasteiger partial charge in [-0.25, -0.2) is 0 Å². The summed E-state index contributed by atoms with van der Waals surface area (Å²) in [5, 5.41) is 4.04. The summed E-state index contributed by atoms with van der Waals surface area (Å²) >= 11 is 0. The van der Waals surface area contributed by atoms with E-state index in [1.165, 1.54) is 0 Å². The molecule has 0 aliphatic carbocycles. The first-order valence-electron chi connectivity index (χ1n) is 8.25. The van der Waals surface area contributed by atoms with Gasteiger partial charge in [0.1, 0.15) is 11.5 Å². The van der Waals surface area contributed by atoms with Crippen LogP contribution in [0.2, 0.25) is 0 Å². The van der Waals surface area contributed by atoms with Crippen molar-refractivity contribution in [2.75, 3.05) is 38.2 Å². The zero-order chi connectivity index (χ0) is 16.9. The SMILES string of the molecule is COc1ccccc1CCC(=O)N1CCN(c2cc(C)on2)CC1. The Morgan fingerprint density at radius 3 is 2.67 bits per heavy atom. The zero-order valence-corrected chi connectivity index (χ0v) is 14.2. The summed E-state index contributed by atoms with van der Waals surface area (Å²) in [6, 6.07) is 9.78. The normalized spacial score (nSPS) is 14.8. The van der Waals surface area contributed by atoms with Crippen molar-refractivity contribution < 1.29 is 14.1 Å². The van der Waals surface area contributed by atoms with Gasteiger partial charge in [0.2, 0.25) is 5.91 Å². The van der Waals surface area contributed by atoms with Gasteiger partial charge in [-0.15, -0.1) is 0 Å². The van der Waals surface area contributed by atoms with Crippen LogP contribution in [0.3, 0.4) is 0 Å². The summed E-state index contributed by atoms with van der Waals surface area (Å²) in [4.78, 5) is 16.5. The highest BCUT2D eigenvalue weighted by molar-refractivity contribution is 5.77. The summed E-state index contributed by atoms with van der Waals surface area (Å²) in [5.41, 5.74) is 1.07. The van der Waals surface area contributed by atoms with E-state index in [0.29, 0.717) is 12.8 Å². The van der Waals surface area contributed by atoms with Crippen LogP contribution in [0.1, 0.15) is 17.7 Å². The molecule has 2 aromatic rings. The Kier molecular flexibility index (Phi) is 5.03. The van der Waals surface area contributed by atoms with Crippen LogP contribution in [0.25, 0.3) is 0 Å². The molecule has 0 atom stereocenters. The lowest BCUT2D eigenvalue weighted by Crippen LogP contribution is -2.49. The molecule has 0 spiro atoms. The van der Waals surface area contributed by atoms with Gasteiger partial charge in [0.15, 0.2) is 5.82 Å². The second-order valence-electron chi connectivity index (χ2n) is 5.98. The first-order chi connectivity index (χ1) is 11.7. The highest BCUT2D eigenvalue weighted by Gasteiger charge is 2.22. The smallest absolute Gasteiger partial charge is 0.223 e. The molecule has 1 aliphatic rings. The van der Waals surface area contributed by atoms with Crippen molar-refractivity contribution >= 4 is 11.7 Å². The average Bonchev–Trinajstić information content (AvgIpc) is 3.06. The average molecular weight is 329 g/mol. The monoisotopic (exact) mass is 329 g/mol. The fourth-order valence-electron chi connectivity index (χ4n) is 3.00. The maximum Gasteiger partial charge on any atom is 0.223 e. The highest BCUT2D eigenvalue weighted by Crippen LogP contribution is 2.20. The number of piperazine rings is 1. The predicted octanol–water partition coefficient (Wildman–Crippen LogP) is 2.27. The highest BCUT2D eigenvalue weighted by atomic mass is 16.5. The number of rotatable bonds is 5. The first kappa shape index (κ1) is 16.4. The van der Waals surface area contributed by atoms with Crippen molar-refractivity contribution in [2.45, 2.75) is 19.8 Å². The molecular formula is C18H23N3O3. The van der Waals surface area contributed by atoms with Crippen LogP contribution in [0.15, 0.2) is 34.9 Å². The third-order valence-corrected chi connectivity index (χ3v) is 4.37. The van der Waals surface area contributed by atoms with Gasteiger partial charge in [-0.2, -0.15) is 0 Å². The lowest BCUT2D eigenvalue weighted by atomic mass is 10.1. The molecule has 1 aromatic heterocycles. The quantitative estimate of drug-likeness (QED) is 0.842. The summed E-state index contributed by atoms with van der Waals surface area (Å²) in [7, 11) is 1.66. The van der Waals surface area contributed by atoms with Crippen molar-refractivity contribution in [1.82, 2.24) is 10.1 Å². The number of hydrogen-bond acceptors (Lipinski definition) is 5. The number of aryl methyl sites for hydroxylation is 2. The van der Waals surface area contributed by atoms with E-state index in [0.717, 1.165) is 49.1 Å². The Morgan fingerprint density at radius 2 is 2.00 bits per heavy atom. The van der Waals surface area contributed by atoms with E-state index in [-0.39, 0.29) is 5.91 Å². The minimum Gasteiger partial charge on any atom is -0.496 e. The van der Waals surface area contributed by atoms with Crippen molar-refractivity contribution in [1.29, 1.82) is 0 Å². The molecule has 128 valence electrons. The summed E-state index contributed by atoms with van der Waals surface area (Å²) in [6.07, 6.45) is 1.20. The van der Waals surface area contributed by atoms with E-state index in [2.05, 4.69) is 10.1 Å². The largest absolute Gasteiger partial charge is 0.496 e. The van der Waals surface area contributed by atoms with Crippen LogP contribution in [-0.4, -0.2) is 49.3 Å². The van der Waals surface area contributed by atoms with E-state index < -0.39 is 0 Å². The van der Waals surface area contributed by atoms with Gasteiger partial charge in [-0.3, -0.25) is 4.79 Å². The van der Waals surface area contributed by atoms with Crippen LogP contribution in [0.5, 0.6) is 5.75 Å². The molecule has 1 aliphatic heterocycles. The Labute approximate surface area is 142 Å². The number of benzene rings is 1. The minimum atomic E-state index is 0.192. The molecule has 1 fully saturated rings. The number of anilines is 1. The Hall–Kier alpha value is -2.50. The van der Waals surface area contributed by atoms with Gasteiger partial charge in [-0.1, -0.05) is 23.4 Å². The van der Waals surface area contributed by atoms with E-state index in [1.54, 1.807) is 7.11 Å². The Balaban J connectivity index is 1.50. The summed E-state index contributed by atoms with van der Waals surface area (Å²) in [6.45, 7) is 4.89. The number of para-hydroxylation sites is 1. The lowest BCUT2D eigenvalue weighted by molar-refractivity contribution is -0.131. The number of hydrogen-bond donors (Lipinski definition) is 0. The number of carbonyl (C=O) groups excluding carboxylic acids is 1. The molecule has 0 saturated carbocycles. The van der Waals surface area contributed by atoms with Gasteiger partial charge >= 0.3 is 0 Å².